The molecule has 2 nitrogen and oxygen atoms in total. The Morgan fingerprint density at radius 3 is 2.74 bits per heavy atom. The fraction of sp³-hybridized carbons (Fsp3) is 0.647. The van der Waals surface area contributed by atoms with Crippen molar-refractivity contribution in [1.29, 1.82) is 0 Å². The summed E-state index contributed by atoms with van der Waals surface area (Å²) in [5.74, 6) is 0. The Balaban J connectivity index is 1.55. The van der Waals surface area contributed by atoms with E-state index in [2.05, 4.69) is 47.6 Å². The van der Waals surface area contributed by atoms with E-state index in [0.717, 1.165) is 6.04 Å². The van der Waals surface area contributed by atoms with Gasteiger partial charge in [-0.1, -0.05) is 36.8 Å². The molecule has 19 heavy (non-hydrogen) atoms. The molecule has 0 saturated carbocycles. The van der Waals surface area contributed by atoms with E-state index in [9.17, 15) is 0 Å². The monoisotopic (exact) mass is 260 g/mol. The molecule has 0 bridgehead atoms. The van der Waals surface area contributed by atoms with Crippen molar-refractivity contribution < 1.29 is 0 Å². The van der Waals surface area contributed by atoms with Crippen molar-refractivity contribution >= 4 is 0 Å². The van der Waals surface area contributed by atoms with Crippen LogP contribution in [0.4, 0.5) is 0 Å². The summed E-state index contributed by atoms with van der Waals surface area (Å²) in [6.07, 6.45) is 7.94. The minimum absolute atomic E-state index is 0.730. The molecule has 1 aromatic carbocycles. The van der Waals surface area contributed by atoms with Gasteiger partial charge in [0, 0.05) is 12.6 Å². The minimum atomic E-state index is 0.730. The summed E-state index contributed by atoms with van der Waals surface area (Å²) in [4.78, 5) is 2.49. The summed E-state index contributed by atoms with van der Waals surface area (Å²) in [7, 11) is 2.26. The number of unbranched alkanes of at least 4 members (excludes halogenated alkanes) is 1. The number of piperidine rings is 1. The number of likely N-dealkylation sites (N-methyl/N-ethyl adjacent to an activating group) is 1. The van der Waals surface area contributed by atoms with Gasteiger partial charge in [-0.15, -0.1) is 0 Å². The van der Waals surface area contributed by atoms with Crippen LogP contribution in [0.3, 0.4) is 0 Å². The van der Waals surface area contributed by atoms with E-state index >= 15 is 0 Å². The van der Waals surface area contributed by atoms with Crippen molar-refractivity contribution in [2.45, 2.75) is 44.6 Å². The van der Waals surface area contributed by atoms with Crippen molar-refractivity contribution in [1.82, 2.24) is 10.2 Å². The summed E-state index contributed by atoms with van der Waals surface area (Å²) in [5, 5.41) is 3.62. The number of benzene rings is 1. The van der Waals surface area contributed by atoms with Crippen LogP contribution in [0.1, 0.15) is 37.7 Å². The van der Waals surface area contributed by atoms with Gasteiger partial charge in [0.1, 0.15) is 0 Å². The van der Waals surface area contributed by atoms with Crippen LogP contribution in [0.15, 0.2) is 30.3 Å². The van der Waals surface area contributed by atoms with E-state index in [1.54, 1.807) is 0 Å². The molecule has 1 fully saturated rings. The number of nitrogens with one attached hydrogen (secondary N) is 1. The molecule has 1 aliphatic heterocycles. The Morgan fingerprint density at radius 2 is 2.00 bits per heavy atom. The van der Waals surface area contributed by atoms with Gasteiger partial charge >= 0.3 is 0 Å². The molecule has 1 N–H and O–H groups in total. The van der Waals surface area contributed by atoms with Crippen molar-refractivity contribution in [2.24, 2.45) is 0 Å². The molecular weight excluding hydrogens is 232 g/mol. The molecule has 1 atom stereocenters. The number of nitrogens with zero attached hydrogens (tertiary/aromatic N) is 1. The third-order valence-corrected chi connectivity index (χ3v) is 4.04. The normalized spacial score (nSPS) is 19.8. The third kappa shape index (κ3) is 5.75. The molecule has 1 saturated heterocycles. The summed E-state index contributed by atoms with van der Waals surface area (Å²) in [6, 6.07) is 11.6. The second-order valence-electron chi connectivity index (χ2n) is 5.85. The highest BCUT2D eigenvalue weighted by atomic mass is 15.1. The highest BCUT2D eigenvalue weighted by Crippen LogP contribution is 2.09. The Bertz CT molecular complexity index is 330. The van der Waals surface area contributed by atoms with E-state index < -0.39 is 0 Å². The lowest BCUT2D eigenvalue weighted by molar-refractivity contribution is 0.258. The molecule has 0 aliphatic carbocycles. The molecule has 0 aromatic heterocycles. The van der Waals surface area contributed by atoms with Crippen molar-refractivity contribution in [3.8, 4) is 0 Å². The first-order chi connectivity index (χ1) is 9.34. The second kappa shape index (κ2) is 8.34. The summed E-state index contributed by atoms with van der Waals surface area (Å²) >= 11 is 0. The Labute approximate surface area is 118 Å². The first-order valence-electron chi connectivity index (χ1n) is 7.80. The van der Waals surface area contributed by atoms with Gasteiger partial charge in [0.2, 0.25) is 0 Å². The van der Waals surface area contributed by atoms with Crippen LogP contribution in [-0.2, 0) is 6.42 Å². The lowest BCUT2D eigenvalue weighted by atomic mass is 10.0. The quantitative estimate of drug-likeness (QED) is 0.758. The van der Waals surface area contributed by atoms with Gasteiger partial charge in [-0.2, -0.15) is 0 Å². The van der Waals surface area contributed by atoms with Gasteiger partial charge in [0.15, 0.2) is 0 Å². The van der Waals surface area contributed by atoms with Crippen molar-refractivity contribution in [3.63, 3.8) is 0 Å². The fourth-order valence-corrected chi connectivity index (χ4v) is 2.90. The van der Waals surface area contributed by atoms with E-state index in [1.165, 1.54) is 63.7 Å². The standard InChI is InChI=1S/C17H28N2/c1-19(15-17-12-5-7-13-18-17)14-8-6-11-16-9-3-2-4-10-16/h2-4,9-10,17-18H,5-8,11-15H2,1H3. The zero-order valence-electron chi connectivity index (χ0n) is 12.3. The second-order valence-corrected chi connectivity index (χ2v) is 5.85. The maximum absolute atomic E-state index is 3.62. The molecule has 1 unspecified atom stereocenters. The molecule has 1 aromatic rings. The first-order valence-corrected chi connectivity index (χ1v) is 7.80. The Kier molecular flexibility index (Phi) is 6.38. The SMILES string of the molecule is CN(CCCCc1ccccc1)CC1CCCCN1. The molecule has 106 valence electrons. The van der Waals surface area contributed by atoms with E-state index in [-0.39, 0.29) is 0 Å². The molecule has 0 radical (unpaired) electrons. The number of hydrogen-bond donors (Lipinski definition) is 1. The molecule has 2 heteroatoms. The average Bonchev–Trinajstić information content (AvgIpc) is 2.46. The zero-order chi connectivity index (χ0) is 13.3. The van der Waals surface area contributed by atoms with Gasteiger partial charge < -0.3 is 10.2 Å². The van der Waals surface area contributed by atoms with Crippen LogP contribution in [-0.4, -0.2) is 37.6 Å². The number of aryl methyl sites for hydroxylation is 1. The predicted molar refractivity (Wildman–Crippen MR) is 82.5 cm³/mol. The highest BCUT2D eigenvalue weighted by molar-refractivity contribution is 5.14. The summed E-state index contributed by atoms with van der Waals surface area (Å²) < 4.78 is 0. The minimum Gasteiger partial charge on any atom is -0.313 e. The molecule has 1 heterocycles. The fourth-order valence-electron chi connectivity index (χ4n) is 2.90. The van der Waals surface area contributed by atoms with E-state index in [1.807, 2.05) is 0 Å². The van der Waals surface area contributed by atoms with Crippen molar-refractivity contribution in [3.05, 3.63) is 35.9 Å². The maximum atomic E-state index is 3.62. The molecule has 1 aliphatic rings. The molecular formula is C17H28N2. The van der Waals surface area contributed by atoms with Crippen LogP contribution in [0.5, 0.6) is 0 Å². The summed E-state index contributed by atoms with van der Waals surface area (Å²) in [6.45, 7) is 3.66. The van der Waals surface area contributed by atoms with Gasteiger partial charge in [0.25, 0.3) is 0 Å². The Morgan fingerprint density at radius 1 is 1.16 bits per heavy atom. The average molecular weight is 260 g/mol. The van der Waals surface area contributed by atoms with E-state index in [0.29, 0.717) is 0 Å². The predicted octanol–water partition coefficient (Wildman–Crippen LogP) is 3.08. The molecule has 2 rings (SSSR count). The van der Waals surface area contributed by atoms with Crippen molar-refractivity contribution in [2.75, 3.05) is 26.7 Å². The lowest BCUT2D eigenvalue weighted by Crippen LogP contribution is -2.42. The van der Waals surface area contributed by atoms with Crippen LogP contribution in [0.25, 0.3) is 0 Å². The topological polar surface area (TPSA) is 15.3 Å². The van der Waals surface area contributed by atoms with Crippen LogP contribution >= 0.6 is 0 Å². The van der Waals surface area contributed by atoms with Gasteiger partial charge in [-0.25, -0.2) is 0 Å². The van der Waals surface area contributed by atoms with Gasteiger partial charge in [-0.05, 0) is 57.8 Å². The van der Waals surface area contributed by atoms with Crippen LogP contribution in [0.2, 0.25) is 0 Å². The number of hydrogen-bond acceptors (Lipinski definition) is 2. The van der Waals surface area contributed by atoms with Crippen LogP contribution < -0.4 is 5.32 Å². The summed E-state index contributed by atoms with van der Waals surface area (Å²) in [5.41, 5.74) is 1.47. The smallest absolute Gasteiger partial charge is 0.0194 e. The van der Waals surface area contributed by atoms with E-state index in [4.69, 9.17) is 0 Å². The Hall–Kier alpha value is -0.860. The first kappa shape index (κ1) is 14.5. The lowest BCUT2D eigenvalue weighted by Gasteiger charge is -2.28. The highest BCUT2D eigenvalue weighted by Gasteiger charge is 2.13. The molecule has 0 spiro atoms. The maximum Gasteiger partial charge on any atom is 0.0194 e. The van der Waals surface area contributed by atoms with Crippen LogP contribution in [0, 0.1) is 0 Å². The van der Waals surface area contributed by atoms with Gasteiger partial charge in [-0.3, -0.25) is 0 Å². The third-order valence-electron chi connectivity index (χ3n) is 4.04. The largest absolute Gasteiger partial charge is 0.313 e. The zero-order valence-corrected chi connectivity index (χ0v) is 12.3. The van der Waals surface area contributed by atoms with Gasteiger partial charge in [0.05, 0.1) is 0 Å². The number of rotatable bonds is 7. The molecule has 0 amide bonds.